The maximum atomic E-state index is 5.44. The minimum Gasteiger partial charge on any atom is -0.490 e. The minimum atomic E-state index is 0.618. The molecule has 0 saturated heterocycles. The Morgan fingerprint density at radius 1 is 0.737 bits per heavy atom. The summed E-state index contributed by atoms with van der Waals surface area (Å²) in [7, 11) is 0. The highest BCUT2D eigenvalue weighted by atomic mass is 16.5. The predicted molar refractivity (Wildman–Crippen MR) is 169 cm³/mol. The summed E-state index contributed by atoms with van der Waals surface area (Å²) in [4.78, 5) is 0. The standard InChI is InChI=1S/C18H22.C17H20O.C2H6/c1-16-12-14-18(15-13-16)11-7-3-6-10-17-8-4-2-5-9-17;1-6-15(18-7-2)12-14(5)17-11-9-8-10-16(17)13(3)4;1-2/h2,4-5,8-9,12-15H,3,6-7,10-11H2,1H3;8-11H,1,3,5,7,12H2,2,4H3;1-2H3. The summed E-state index contributed by atoms with van der Waals surface area (Å²) < 4.78 is 5.44. The van der Waals surface area contributed by atoms with Crippen LogP contribution < -0.4 is 0 Å². The molecule has 1 nitrogen and oxygen atoms in total. The van der Waals surface area contributed by atoms with Crippen LogP contribution in [0.15, 0.2) is 110 Å². The third-order valence-electron chi connectivity index (χ3n) is 6.05. The molecule has 1 heteroatoms. The fourth-order valence-electron chi connectivity index (χ4n) is 4.03. The van der Waals surface area contributed by atoms with E-state index in [0.717, 1.165) is 28.0 Å². The molecule has 0 saturated carbocycles. The molecule has 3 aromatic carbocycles. The Kier molecular flexibility index (Phi) is 16.7. The molecule has 3 rings (SSSR count). The molecule has 0 atom stereocenters. The van der Waals surface area contributed by atoms with Gasteiger partial charge in [-0.25, -0.2) is 0 Å². The molecule has 0 N–H and O–H groups in total. The van der Waals surface area contributed by atoms with Crippen LogP contribution in [0.3, 0.4) is 0 Å². The summed E-state index contributed by atoms with van der Waals surface area (Å²) >= 11 is 0. The zero-order valence-corrected chi connectivity index (χ0v) is 24.5. The Morgan fingerprint density at radius 2 is 1.26 bits per heavy atom. The second-order valence-electron chi connectivity index (χ2n) is 9.17. The molecule has 0 aliphatic heterocycles. The van der Waals surface area contributed by atoms with Crippen molar-refractivity contribution < 1.29 is 4.74 Å². The second-order valence-corrected chi connectivity index (χ2v) is 9.17. The van der Waals surface area contributed by atoms with Crippen LogP contribution in [0.2, 0.25) is 0 Å². The lowest BCUT2D eigenvalue weighted by Gasteiger charge is -2.13. The molecule has 0 heterocycles. The SMILES string of the molecule is C=C=C(CC(=C)c1ccccc1C(=C)C)OCC.CC.Cc1ccc(CCCCCc2ccccc2)cc1. The first-order valence-electron chi connectivity index (χ1n) is 14.0. The average molecular weight is 509 g/mol. The van der Waals surface area contributed by atoms with E-state index in [2.05, 4.69) is 99.1 Å². The van der Waals surface area contributed by atoms with Crippen molar-refractivity contribution in [2.75, 3.05) is 6.61 Å². The molecule has 0 aromatic heterocycles. The number of ether oxygens (including phenoxy) is 1. The van der Waals surface area contributed by atoms with E-state index in [0.29, 0.717) is 13.0 Å². The molecule has 0 unspecified atom stereocenters. The first kappa shape index (κ1) is 32.5. The molecule has 0 aliphatic carbocycles. The fraction of sp³-hybridized carbons (Fsp3) is 0.324. The Balaban J connectivity index is 0.000000357. The van der Waals surface area contributed by atoms with Gasteiger partial charge in [0.05, 0.1) is 6.61 Å². The smallest absolute Gasteiger partial charge is 0.142 e. The highest BCUT2D eigenvalue weighted by molar-refractivity contribution is 5.78. The maximum absolute atomic E-state index is 5.44. The van der Waals surface area contributed by atoms with Crippen molar-refractivity contribution in [3.8, 4) is 0 Å². The zero-order valence-electron chi connectivity index (χ0n) is 24.5. The van der Waals surface area contributed by atoms with E-state index in [1.807, 2.05) is 39.8 Å². The minimum absolute atomic E-state index is 0.618. The number of hydrogen-bond acceptors (Lipinski definition) is 1. The summed E-state index contributed by atoms with van der Waals surface area (Å²) in [5, 5.41) is 0. The van der Waals surface area contributed by atoms with E-state index in [9.17, 15) is 0 Å². The van der Waals surface area contributed by atoms with E-state index in [1.165, 1.54) is 48.8 Å². The fourth-order valence-corrected chi connectivity index (χ4v) is 4.03. The Labute approximate surface area is 233 Å². The van der Waals surface area contributed by atoms with Gasteiger partial charge in [0, 0.05) is 6.42 Å². The molecular formula is C37H48O. The molecule has 0 amide bonds. The third kappa shape index (κ3) is 12.6. The molecular weight excluding hydrogens is 460 g/mol. The van der Waals surface area contributed by atoms with Crippen LogP contribution in [-0.4, -0.2) is 6.61 Å². The van der Waals surface area contributed by atoms with Crippen LogP contribution in [-0.2, 0) is 17.6 Å². The largest absolute Gasteiger partial charge is 0.490 e. The van der Waals surface area contributed by atoms with E-state index in [1.54, 1.807) is 0 Å². The first-order chi connectivity index (χ1) is 18.4. The van der Waals surface area contributed by atoms with Crippen molar-refractivity contribution in [1.82, 2.24) is 0 Å². The van der Waals surface area contributed by atoms with Gasteiger partial charge in [0.1, 0.15) is 5.76 Å². The van der Waals surface area contributed by atoms with Crippen molar-refractivity contribution in [2.24, 2.45) is 0 Å². The molecule has 0 spiro atoms. The average Bonchev–Trinajstić information content (AvgIpc) is 2.95. The highest BCUT2D eigenvalue weighted by Crippen LogP contribution is 2.27. The molecule has 202 valence electrons. The molecule has 0 aliphatic rings. The van der Waals surface area contributed by atoms with Crippen molar-refractivity contribution in [2.45, 2.75) is 73.1 Å². The van der Waals surface area contributed by atoms with Gasteiger partial charge in [-0.05, 0) is 74.3 Å². The molecule has 38 heavy (non-hydrogen) atoms. The monoisotopic (exact) mass is 508 g/mol. The second kappa shape index (κ2) is 19.6. The van der Waals surface area contributed by atoms with Crippen LogP contribution in [0.4, 0.5) is 0 Å². The van der Waals surface area contributed by atoms with E-state index < -0.39 is 0 Å². The quantitative estimate of drug-likeness (QED) is 0.134. The number of allylic oxidation sites excluding steroid dienone is 2. The van der Waals surface area contributed by atoms with Gasteiger partial charge in [-0.3, -0.25) is 0 Å². The summed E-state index contributed by atoms with van der Waals surface area (Å²) in [6.07, 6.45) is 6.99. The summed E-state index contributed by atoms with van der Waals surface area (Å²) in [5.41, 5.74) is 11.4. The molecule has 0 fully saturated rings. The van der Waals surface area contributed by atoms with Gasteiger partial charge < -0.3 is 4.74 Å². The van der Waals surface area contributed by atoms with Gasteiger partial charge in [0.15, 0.2) is 0 Å². The van der Waals surface area contributed by atoms with Crippen molar-refractivity contribution in [3.63, 3.8) is 0 Å². The first-order valence-corrected chi connectivity index (χ1v) is 14.0. The van der Waals surface area contributed by atoms with E-state index >= 15 is 0 Å². The summed E-state index contributed by atoms with van der Waals surface area (Å²) in [6, 6.07) is 27.8. The van der Waals surface area contributed by atoms with Crippen molar-refractivity contribution in [3.05, 3.63) is 138 Å². The summed E-state index contributed by atoms with van der Waals surface area (Å²) in [6.45, 7) is 22.5. The third-order valence-corrected chi connectivity index (χ3v) is 6.05. The van der Waals surface area contributed by atoms with Gasteiger partial charge in [-0.1, -0.05) is 136 Å². The topological polar surface area (TPSA) is 9.23 Å². The molecule has 0 bridgehead atoms. The van der Waals surface area contributed by atoms with Gasteiger partial charge in [0.2, 0.25) is 0 Å². The van der Waals surface area contributed by atoms with Gasteiger partial charge in [0.25, 0.3) is 0 Å². The van der Waals surface area contributed by atoms with E-state index in [-0.39, 0.29) is 0 Å². The Bertz CT molecular complexity index is 1130. The number of unbranched alkanes of at least 4 members (excludes halogenated alkanes) is 2. The molecule has 0 radical (unpaired) electrons. The highest BCUT2D eigenvalue weighted by Gasteiger charge is 2.08. The number of benzene rings is 3. The zero-order chi connectivity index (χ0) is 28.2. The number of hydrogen-bond donors (Lipinski definition) is 0. The normalized spacial score (nSPS) is 9.61. The lowest BCUT2D eigenvalue weighted by molar-refractivity contribution is 0.226. The summed E-state index contributed by atoms with van der Waals surface area (Å²) in [5.74, 6) is 0.735. The number of rotatable bonds is 12. The Hall–Kier alpha value is -3.54. The van der Waals surface area contributed by atoms with Crippen LogP contribution in [0.5, 0.6) is 0 Å². The lowest BCUT2D eigenvalue weighted by Crippen LogP contribution is -1.95. The van der Waals surface area contributed by atoms with Crippen molar-refractivity contribution in [1.29, 1.82) is 0 Å². The van der Waals surface area contributed by atoms with Crippen LogP contribution in [0, 0.1) is 6.92 Å². The van der Waals surface area contributed by atoms with E-state index in [4.69, 9.17) is 4.74 Å². The molecule has 3 aromatic rings. The lowest BCUT2D eigenvalue weighted by atomic mass is 9.94. The predicted octanol–water partition coefficient (Wildman–Crippen LogP) is 10.8. The van der Waals surface area contributed by atoms with Gasteiger partial charge in [-0.2, -0.15) is 0 Å². The van der Waals surface area contributed by atoms with Gasteiger partial charge in [-0.15, -0.1) is 0 Å². The van der Waals surface area contributed by atoms with Gasteiger partial charge >= 0.3 is 0 Å². The maximum Gasteiger partial charge on any atom is 0.142 e. The van der Waals surface area contributed by atoms with Crippen LogP contribution in [0.25, 0.3) is 11.1 Å². The van der Waals surface area contributed by atoms with Crippen LogP contribution in [0.1, 0.15) is 81.2 Å². The van der Waals surface area contributed by atoms with Crippen LogP contribution >= 0.6 is 0 Å². The van der Waals surface area contributed by atoms with Crippen molar-refractivity contribution >= 4 is 11.1 Å². The number of aryl methyl sites for hydroxylation is 3. The Morgan fingerprint density at radius 3 is 1.79 bits per heavy atom.